The second-order valence-corrected chi connectivity index (χ2v) is 6.52. The monoisotopic (exact) mass is 357 g/mol. The van der Waals surface area contributed by atoms with Crippen LogP contribution in [0, 0.1) is 5.92 Å². The Labute approximate surface area is 152 Å². The van der Waals surface area contributed by atoms with E-state index in [2.05, 4.69) is 10.6 Å². The zero-order chi connectivity index (χ0) is 17.6. The third-order valence-electron chi connectivity index (χ3n) is 4.20. The van der Waals surface area contributed by atoms with Gasteiger partial charge >= 0.3 is 6.03 Å². The van der Waals surface area contributed by atoms with Gasteiger partial charge in [-0.15, -0.1) is 0 Å². The van der Waals surface area contributed by atoms with E-state index in [1.165, 1.54) is 0 Å². The number of urea groups is 1. The molecule has 0 aromatic heterocycles. The SMILES string of the molecule is O=C(Nc1ccccc1)C1CCCN(C(=O)Nc2cccc(Cl)c2)C1. The zero-order valence-corrected chi connectivity index (χ0v) is 14.5. The lowest BCUT2D eigenvalue weighted by Crippen LogP contribution is -2.45. The van der Waals surface area contributed by atoms with E-state index in [0.29, 0.717) is 23.8 Å². The number of carbonyl (C=O) groups is 2. The number of hydrogen-bond acceptors (Lipinski definition) is 2. The maximum absolute atomic E-state index is 12.5. The number of halogens is 1. The number of para-hydroxylation sites is 1. The van der Waals surface area contributed by atoms with Crippen LogP contribution in [0.5, 0.6) is 0 Å². The summed E-state index contributed by atoms with van der Waals surface area (Å²) in [5.74, 6) is -0.259. The number of piperidine rings is 1. The van der Waals surface area contributed by atoms with Crippen molar-refractivity contribution in [2.24, 2.45) is 5.92 Å². The number of amides is 3. The Bertz CT molecular complexity index is 751. The predicted octanol–water partition coefficient (Wildman–Crippen LogP) is 4.22. The molecule has 130 valence electrons. The molecule has 1 fully saturated rings. The van der Waals surface area contributed by atoms with Gasteiger partial charge in [0.1, 0.15) is 0 Å². The number of benzene rings is 2. The second kappa shape index (κ2) is 8.03. The third-order valence-corrected chi connectivity index (χ3v) is 4.43. The molecule has 0 saturated carbocycles. The average Bonchev–Trinajstić information content (AvgIpc) is 2.62. The summed E-state index contributed by atoms with van der Waals surface area (Å²) in [5.41, 5.74) is 1.42. The van der Waals surface area contributed by atoms with Gasteiger partial charge in [0.2, 0.25) is 5.91 Å². The van der Waals surface area contributed by atoms with Crippen LogP contribution in [-0.4, -0.2) is 29.9 Å². The van der Waals surface area contributed by atoms with Gasteiger partial charge < -0.3 is 15.5 Å². The number of nitrogens with zero attached hydrogens (tertiary/aromatic N) is 1. The van der Waals surface area contributed by atoms with Crippen LogP contribution >= 0.6 is 11.6 Å². The molecular weight excluding hydrogens is 338 g/mol. The first-order valence-corrected chi connectivity index (χ1v) is 8.67. The highest BCUT2D eigenvalue weighted by Crippen LogP contribution is 2.21. The summed E-state index contributed by atoms with van der Waals surface area (Å²) in [6.45, 7) is 1.05. The van der Waals surface area contributed by atoms with Gasteiger partial charge in [-0.05, 0) is 43.2 Å². The molecule has 25 heavy (non-hydrogen) atoms. The molecule has 0 bridgehead atoms. The predicted molar refractivity (Wildman–Crippen MR) is 99.8 cm³/mol. The molecule has 2 aromatic rings. The third kappa shape index (κ3) is 4.73. The number of likely N-dealkylation sites (tertiary alicyclic amines) is 1. The minimum absolute atomic E-state index is 0.0496. The minimum Gasteiger partial charge on any atom is -0.326 e. The molecule has 1 aliphatic heterocycles. The van der Waals surface area contributed by atoms with E-state index in [1.807, 2.05) is 30.3 Å². The first-order chi connectivity index (χ1) is 12.1. The topological polar surface area (TPSA) is 61.4 Å². The average molecular weight is 358 g/mol. The van der Waals surface area contributed by atoms with Crippen LogP contribution in [0.25, 0.3) is 0 Å². The van der Waals surface area contributed by atoms with Gasteiger partial charge in [-0.3, -0.25) is 4.79 Å². The molecule has 3 rings (SSSR count). The fraction of sp³-hybridized carbons (Fsp3) is 0.263. The lowest BCUT2D eigenvalue weighted by Gasteiger charge is -2.32. The van der Waals surface area contributed by atoms with Crippen molar-refractivity contribution < 1.29 is 9.59 Å². The van der Waals surface area contributed by atoms with Crippen LogP contribution < -0.4 is 10.6 Å². The van der Waals surface area contributed by atoms with Crippen molar-refractivity contribution in [3.05, 3.63) is 59.6 Å². The molecule has 3 amide bonds. The molecule has 1 saturated heterocycles. The molecule has 2 N–H and O–H groups in total. The van der Waals surface area contributed by atoms with Gasteiger partial charge in [0, 0.05) is 29.5 Å². The largest absolute Gasteiger partial charge is 0.326 e. The van der Waals surface area contributed by atoms with E-state index in [4.69, 9.17) is 11.6 Å². The van der Waals surface area contributed by atoms with Crippen LogP contribution in [0.4, 0.5) is 16.2 Å². The summed E-state index contributed by atoms with van der Waals surface area (Å²) in [7, 11) is 0. The van der Waals surface area contributed by atoms with Gasteiger partial charge in [-0.1, -0.05) is 35.9 Å². The highest BCUT2D eigenvalue weighted by atomic mass is 35.5. The number of nitrogens with one attached hydrogen (secondary N) is 2. The van der Waals surface area contributed by atoms with Crippen molar-refractivity contribution in [2.75, 3.05) is 23.7 Å². The Hall–Kier alpha value is -2.53. The van der Waals surface area contributed by atoms with Crippen molar-refractivity contribution in [2.45, 2.75) is 12.8 Å². The van der Waals surface area contributed by atoms with Gasteiger partial charge in [-0.25, -0.2) is 4.79 Å². The Morgan fingerprint density at radius 1 is 1.00 bits per heavy atom. The number of hydrogen-bond donors (Lipinski definition) is 2. The quantitative estimate of drug-likeness (QED) is 0.863. The molecule has 1 unspecified atom stereocenters. The van der Waals surface area contributed by atoms with Crippen LogP contribution in [0.1, 0.15) is 12.8 Å². The first kappa shape index (κ1) is 17.3. The van der Waals surface area contributed by atoms with Gasteiger partial charge in [0.15, 0.2) is 0 Å². The Morgan fingerprint density at radius 3 is 2.52 bits per heavy atom. The van der Waals surface area contributed by atoms with Crippen molar-refractivity contribution in [1.29, 1.82) is 0 Å². The van der Waals surface area contributed by atoms with E-state index in [-0.39, 0.29) is 17.9 Å². The van der Waals surface area contributed by atoms with Gasteiger partial charge in [0.25, 0.3) is 0 Å². The van der Waals surface area contributed by atoms with E-state index >= 15 is 0 Å². The molecule has 2 aromatic carbocycles. The Kier molecular flexibility index (Phi) is 5.56. The smallest absolute Gasteiger partial charge is 0.321 e. The minimum atomic E-state index is -0.209. The van der Waals surface area contributed by atoms with E-state index < -0.39 is 0 Å². The fourth-order valence-electron chi connectivity index (χ4n) is 2.91. The van der Waals surface area contributed by atoms with E-state index in [0.717, 1.165) is 18.5 Å². The van der Waals surface area contributed by atoms with E-state index in [9.17, 15) is 9.59 Å². The van der Waals surface area contributed by atoms with E-state index in [1.54, 1.807) is 29.2 Å². The van der Waals surface area contributed by atoms with Gasteiger partial charge in [-0.2, -0.15) is 0 Å². The zero-order valence-electron chi connectivity index (χ0n) is 13.7. The molecule has 0 radical (unpaired) electrons. The summed E-state index contributed by atoms with van der Waals surface area (Å²) in [6.07, 6.45) is 1.58. The van der Waals surface area contributed by atoms with Crippen LogP contribution in [0.2, 0.25) is 5.02 Å². The molecule has 1 heterocycles. The highest BCUT2D eigenvalue weighted by molar-refractivity contribution is 6.30. The van der Waals surface area contributed by atoms with Crippen LogP contribution in [-0.2, 0) is 4.79 Å². The Balaban J connectivity index is 1.58. The summed E-state index contributed by atoms with van der Waals surface area (Å²) in [6, 6.07) is 16.2. The summed E-state index contributed by atoms with van der Waals surface area (Å²) in [4.78, 5) is 26.6. The maximum atomic E-state index is 12.5. The molecule has 6 heteroatoms. The van der Waals surface area contributed by atoms with Crippen molar-refractivity contribution in [1.82, 2.24) is 4.90 Å². The summed E-state index contributed by atoms with van der Waals surface area (Å²) < 4.78 is 0. The fourth-order valence-corrected chi connectivity index (χ4v) is 3.10. The second-order valence-electron chi connectivity index (χ2n) is 6.08. The molecule has 1 aliphatic rings. The highest BCUT2D eigenvalue weighted by Gasteiger charge is 2.28. The molecule has 0 spiro atoms. The first-order valence-electron chi connectivity index (χ1n) is 8.29. The van der Waals surface area contributed by atoms with Crippen LogP contribution in [0.3, 0.4) is 0 Å². The lowest BCUT2D eigenvalue weighted by molar-refractivity contribution is -0.121. The summed E-state index contributed by atoms with van der Waals surface area (Å²) in [5, 5.41) is 6.31. The standard InChI is InChI=1S/C19H20ClN3O2/c20-15-7-4-10-17(12-15)22-19(25)23-11-5-6-14(13-23)18(24)21-16-8-2-1-3-9-16/h1-4,7-10,12,14H,5-6,11,13H2,(H,21,24)(H,22,25). The number of rotatable bonds is 3. The van der Waals surface area contributed by atoms with Crippen molar-refractivity contribution in [3.63, 3.8) is 0 Å². The molecule has 0 aliphatic carbocycles. The number of anilines is 2. The normalized spacial score (nSPS) is 17.0. The lowest BCUT2D eigenvalue weighted by atomic mass is 9.97. The summed E-state index contributed by atoms with van der Waals surface area (Å²) >= 11 is 5.94. The van der Waals surface area contributed by atoms with Gasteiger partial charge in [0.05, 0.1) is 5.92 Å². The Morgan fingerprint density at radius 2 is 1.76 bits per heavy atom. The molecule has 5 nitrogen and oxygen atoms in total. The molecule has 1 atom stereocenters. The van der Waals surface area contributed by atoms with Crippen molar-refractivity contribution in [3.8, 4) is 0 Å². The maximum Gasteiger partial charge on any atom is 0.321 e. The van der Waals surface area contributed by atoms with Crippen LogP contribution in [0.15, 0.2) is 54.6 Å². The van der Waals surface area contributed by atoms with Crippen molar-refractivity contribution >= 4 is 34.9 Å². The molecular formula is C19H20ClN3O2. The number of carbonyl (C=O) groups excluding carboxylic acids is 2.